The first-order valence-electron chi connectivity index (χ1n) is 7.76. The fourth-order valence-corrected chi connectivity index (χ4v) is 3.18. The number of carbonyl (C=O) groups is 1. The Bertz CT molecular complexity index is 251. The van der Waals surface area contributed by atoms with E-state index in [-0.39, 0.29) is 5.91 Å². The van der Waals surface area contributed by atoms with Gasteiger partial charge >= 0.3 is 0 Å². The Hall–Kier alpha value is -0.570. The minimum Gasteiger partial charge on any atom is -0.352 e. The number of rotatable bonds is 3. The third kappa shape index (κ3) is 4.60. The average Bonchev–Trinajstić information content (AvgIpc) is 2.61. The van der Waals surface area contributed by atoms with E-state index in [1.165, 1.54) is 51.4 Å². The third-order valence-corrected chi connectivity index (χ3v) is 4.45. The van der Waals surface area contributed by atoms with Crippen LogP contribution in [0.2, 0.25) is 0 Å². The summed E-state index contributed by atoms with van der Waals surface area (Å²) in [7, 11) is 0. The Kier molecular flexibility index (Phi) is 5.48. The van der Waals surface area contributed by atoms with E-state index in [1.807, 2.05) is 0 Å². The summed E-state index contributed by atoms with van der Waals surface area (Å²) in [6, 6.07) is 0.445. The van der Waals surface area contributed by atoms with Gasteiger partial charge in [0.15, 0.2) is 0 Å². The maximum absolute atomic E-state index is 12.0. The van der Waals surface area contributed by atoms with Crippen LogP contribution in [0.1, 0.15) is 58.3 Å². The molecule has 1 aliphatic carbocycles. The summed E-state index contributed by atoms with van der Waals surface area (Å²) < 4.78 is 0. The van der Waals surface area contributed by atoms with Crippen molar-refractivity contribution < 1.29 is 4.79 Å². The lowest BCUT2D eigenvalue weighted by Gasteiger charge is -2.28. The molecule has 1 saturated heterocycles. The van der Waals surface area contributed by atoms with Crippen molar-refractivity contribution in [3.8, 4) is 0 Å². The topological polar surface area (TPSA) is 32.3 Å². The van der Waals surface area contributed by atoms with Gasteiger partial charge < -0.3 is 5.32 Å². The van der Waals surface area contributed by atoms with Gasteiger partial charge in [0.25, 0.3) is 0 Å². The van der Waals surface area contributed by atoms with E-state index in [0.29, 0.717) is 12.6 Å². The third-order valence-electron chi connectivity index (χ3n) is 4.45. The van der Waals surface area contributed by atoms with Crippen molar-refractivity contribution in [2.24, 2.45) is 5.92 Å². The minimum absolute atomic E-state index is 0.247. The second-order valence-electron chi connectivity index (χ2n) is 6.21. The van der Waals surface area contributed by atoms with Gasteiger partial charge in [-0.2, -0.15) is 0 Å². The molecule has 0 atom stereocenters. The van der Waals surface area contributed by atoms with Crippen molar-refractivity contribution in [1.29, 1.82) is 0 Å². The lowest BCUT2D eigenvalue weighted by Crippen LogP contribution is -2.43. The zero-order valence-electron chi connectivity index (χ0n) is 11.8. The largest absolute Gasteiger partial charge is 0.352 e. The molecule has 1 heterocycles. The maximum Gasteiger partial charge on any atom is 0.234 e. The molecule has 0 aromatic rings. The number of amides is 1. The predicted molar refractivity (Wildman–Crippen MR) is 74.5 cm³/mol. The van der Waals surface area contributed by atoms with Gasteiger partial charge in [0.2, 0.25) is 5.91 Å². The van der Waals surface area contributed by atoms with Crippen LogP contribution in [0, 0.1) is 5.92 Å². The number of hydrogen-bond donors (Lipinski definition) is 1. The van der Waals surface area contributed by atoms with Crippen molar-refractivity contribution in [2.75, 3.05) is 19.6 Å². The molecule has 18 heavy (non-hydrogen) atoms. The van der Waals surface area contributed by atoms with Gasteiger partial charge in [-0.1, -0.05) is 19.8 Å². The lowest BCUT2D eigenvalue weighted by molar-refractivity contribution is -0.123. The Morgan fingerprint density at radius 3 is 2.28 bits per heavy atom. The quantitative estimate of drug-likeness (QED) is 0.837. The monoisotopic (exact) mass is 252 g/mol. The Balaban J connectivity index is 1.67. The zero-order valence-corrected chi connectivity index (χ0v) is 11.8. The number of hydrogen-bond acceptors (Lipinski definition) is 2. The molecule has 3 nitrogen and oxygen atoms in total. The van der Waals surface area contributed by atoms with E-state index in [4.69, 9.17) is 0 Å². The molecule has 104 valence electrons. The molecule has 0 radical (unpaired) electrons. The van der Waals surface area contributed by atoms with E-state index < -0.39 is 0 Å². The molecule has 0 bridgehead atoms. The van der Waals surface area contributed by atoms with Crippen LogP contribution in [0.3, 0.4) is 0 Å². The van der Waals surface area contributed by atoms with E-state index in [0.717, 1.165) is 19.0 Å². The summed E-state index contributed by atoms with van der Waals surface area (Å²) in [6.45, 7) is 5.14. The first kappa shape index (κ1) is 13.9. The first-order valence-corrected chi connectivity index (χ1v) is 7.76. The summed E-state index contributed by atoms with van der Waals surface area (Å²) in [4.78, 5) is 14.3. The first-order chi connectivity index (χ1) is 8.74. The Labute approximate surface area is 111 Å². The second-order valence-corrected chi connectivity index (χ2v) is 6.21. The van der Waals surface area contributed by atoms with Gasteiger partial charge in [0.1, 0.15) is 0 Å². The highest BCUT2D eigenvalue weighted by molar-refractivity contribution is 5.78. The molecule has 2 rings (SSSR count). The van der Waals surface area contributed by atoms with Crippen LogP contribution in [0.15, 0.2) is 0 Å². The fourth-order valence-electron chi connectivity index (χ4n) is 3.18. The van der Waals surface area contributed by atoms with Gasteiger partial charge in [-0.15, -0.1) is 0 Å². The number of carbonyl (C=O) groups excluding carboxylic acids is 1. The molecular weight excluding hydrogens is 224 g/mol. The van der Waals surface area contributed by atoms with Gasteiger partial charge in [-0.05, 0) is 57.5 Å². The summed E-state index contributed by atoms with van der Waals surface area (Å²) >= 11 is 0. The number of likely N-dealkylation sites (tertiary alicyclic amines) is 1. The van der Waals surface area contributed by atoms with Crippen molar-refractivity contribution in [2.45, 2.75) is 64.3 Å². The van der Waals surface area contributed by atoms with E-state index in [2.05, 4.69) is 17.1 Å². The highest BCUT2D eigenvalue weighted by atomic mass is 16.2. The SMILES string of the molecule is CC1CCC(NC(=O)CN2CCCCCC2)CC1. The van der Waals surface area contributed by atoms with E-state index in [9.17, 15) is 4.79 Å². The predicted octanol–water partition coefficient (Wildman–Crippen LogP) is 2.56. The molecular formula is C15H28N2O. The summed E-state index contributed by atoms with van der Waals surface area (Å²) in [5, 5.41) is 3.23. The van der Waals surface area contributed by atoms with E-state index in [1.54, 1.807) is 0 Å². The molecule has 0 unspecified atom stereocenters. The molecule has 0 aromatic heterocycles. The van der Waals surface area contributed by atoms with Gasteiger partial charge in [-0.3, -0.25) is 9.69 Å². The van der Waals surface area contributed by atoms with Gasteiger partial charge in [0, 0.05) is 6.04 Å². The van der Waals surface area contributed by atoms with Crippen molar-refractivity contribution >= 4 is 5.91 Å². The van der Waals surface area contributed by atoms with Crippen molar-refractivity contribution in [3.63, 3.8) is 0 Å². The molecule has 2 fully saturated rings. The molecule has 0 spiro atoms. The lowest BCUT2D eigenvalue weighted by atomic mass is 9.87. The summed E-state index contributed by atoms with van der Waals surface area (Å²) in [5.74, 6) is 1.10. The molecule has 0 aromatic carbocycles. The van der Waals surface area contributed by atoms with Crippen LogP contribution in [0.25, 0.3) is 0 Å². The summed E-state index contributed by atoms with van der Waals surface area (Å²) in [6.07, 6.45) is 10.1. The molecule has 1 N–H and O–H groups in total. The van der Waals surface area contributed by atoms with Crippen LogP contribution in [-0.2, 0) is 4.79 Å². The van der Waals surface area contributed by atoms with Crippen LogP contribution >= 0.6 is 0 Å². The number of nitrogens with zero attached hydrogens (tertiary/aromatic N) is 1. The van der Waals surface area contributed by atoms with Gasteiger partial charge in [0.05, 0.1) is 6.54 Å². The standard InChI is InChI=1S/C15H28N2O/c1-13-6-8-14(9-7-13)16-15(18)12-17-10-4-2-3-5-11-17/h13-14H,2-12H2,1H3,(H,16,18). The Morgan fingerprint density at radius 1 is 1.06 bits per heavy atom. The van der Waals surface area contributed by atoms with Crippen molar-refractivity contribution in [3.05, 3.63) is 0 Å². The van der Waals surface area contributed by atoms with Gasteiger partial charge in [-0.25, -0.2) is 0 Å². The zero-order chi connectivity index (χ0) is 12.8. The van der Waals surface area contributed by atoms with Crippen molar-refractivity contribution in [1.82, 2.24) is 10.2 Å². The average molecular weight is 252 g/mol. The number of nitrogens with one attached hydrogen (secondary N) is 1. The molecule has 3 heteroatoms. The Morgan fingerprint density at radius 2 is 1.67 bits per heavy atom. The molecule has 1 aliphatic heterocycles. The van der Waals surface area contributed by atoms with Crippen LogP contribution in [0.5, 0.6) is 0 Å². The van der Waals surface area contributed by atoms with Crippen LogP contribution in [-0.4, -0.2) is 36.5 Å². The maximum atomic E-state index is 12.0. The van der Waals surface area contributed by atoms with E-state index >= 15 is 0 Å². The highest BCUT2D eigenvalue weighted by Gasteiger charge is 2.20. The molecule has 1 amide bonds. The van der Waals surface area contributed by atoms with Crippen LogP contribution < -0.4 is 5.32 Å². The van der Waals surface area contributed by atoms with Crippen LogP contribution in [0.4, 0.5) is 0 Å². The second kappa shape index (κ2) is 7.13. The molecule has 1 saturated carbocycles. The highest BCUT2D eigenvalue weighted by Crippen LogP contribution is 2.23. The molecule has 2 aliphatic rings. The fraction of sp³-hybridized carbons (Fsp3) is 0.933. The smallest absolute Gasteiger partial charge is 0.234 e. The summed E-state index contributed by atoms with van der Waals surface area (Å²) in [5.41, 5.74) is 0. The minimum atomic E-state index is 0.247. The normalized spacial score (nSPS) is 30.7.